The molecule has 0 saturated carbocycles. The molecule has 3 rings (SSSR count). The van der Waals surface area contributed by atoms with Gasteiger partial charge in [0.2, 0.25) is 5.91 Å². The van der Waals surface area contributed by atoms with Crippen LogP contribution in [0, 0.1) is 5.82 Å². The van der Waals surface area contributed by atoms with Crippen LogP contribution in [0.4, 0.5) is 10.1 Å². The Morgan fingerprint density at radius 1 is 1.13 bits per heavy atom. The summed E-state index contributed by atoms with van der Waals surface area (Å²) in [4.78, 5) is 28.0. The van der Waals surface area contributed by atoms with Gasteiger partial charge in [0.15, 0.2) is 5.69 Å². The van der Waals surface area contributed by atoms with E-state index in [1.165, 1.54) is 28.5 Å². The van der Waals surface area contributed by atoms with Gasteiger partial charge in [-0.1, -0.05) is 46.4 Å². The Morgan fingerprint density at radius 2 is 1.80 bits per heavy atom. The molecule has 0 radical (unpaired) electrons. The quantitative estimate of drug-likeness (QED) is 0.619. The molecule has 0 aliphatic carbocycles. The highest BCUT2D eigenvalue weighted by Gasteiger charge is 2.38. The van der Waals surface area contributed by atoms with Crippen LogP contribution in [0.25, 0.3) is 0 Å². The summed E-state index contributed by atoms with van der Waals surface area (Å²) < 4.78 is 18.6. The standard InChI is InChI=1S/C21H20ClFN4O2S/c1-21(2,3)24-19(28)18(13-8-4-6-10-15(13)23)27(17-11-7-5-9-14(17)22)20(29)16-12-30-26-25-16/h4-12,18H,1-3H3,(H,24,28)/t18-/m0/s1. The SMILES string of the molecule is CC(C)(C)NC(=O)[C@H](c1ccccc1F)N(C(=O)c1csnn1)c1ccccc1Cl. The van der Waals surface area contributed by atoms with Gasteiger partial charge >= 0.3 is 0 Å². The van der Waals surface area contributed by atoms with Gasteiger partial charge in [-0.05, 0) is 50.5 Å². The number of anilines is 1. The van der Waals surface area contributed by atoms with Crippen LogP contribution in [0.3, 0.4) is 0 Å². The van der Waals surface area contributed by atoms with Crippen molar-refractivity contribution in [2.24, 2.45) is 0 Å². The van der Waals surface area contributed by atoms with E-state index in [0.717, 1.165) is 11.5 Å². The number of para-hydroxylation sites is 1. The van der Waals surface area contributed by atoms with Crippen LogP contribution in [0.5, 0.6) is 0 Å². The van der Waals surface area contributed by atoms with Gasteiger partial charge in [-0.25, -0.2) is 4.39 Å². The molecule has 6 nitrogen and oxygen atoms in total. The molecule has 1 N–H and O–H groups in total. The fourth-order valence-electron chi connectivity index (χ4n) is 2.93. The molecule has 2 aromatic carbocycles. The fraction of sp³-hybridized carbons (Fsp3) is 0.238. The first-order valence-corrected chi connectivity index (χ1v) is 10.3. The number of hydrogen-bond donors (Lipinski definition) is 1. The lowest BCUT2D eigenvalue weighted by atomic mass is 10.00. The highest BCUT2D eigenvalue weighted by atomic mass is 35.5. The first-order chi connectivity index (χ1) is 14.2. The lowest BCUT2D eigenvalue weighted by Gasteiger charge is -2.33. The van der Waals surface area contributed by atoms with Crippen molar-refractivity contribution in [1.82, 2.24) is 14.9 Å². The molecule has 156 valence electrons. The smallest absolute Gasteiger partial charge is 0.280 e. The number of amides is 2. The molecule has 0 bridgehead atoms. The molecule has 0 unspecified atom stereocenters. The molecule has 0 aliphatic heterocycles. The predicted octanol–water partition coefficient (Wildman–Crippen LogP) is 4.63. The molecule has 1 aromatic heterocycles. The third kappa shape index (κ3) is 4.83. The Bertz CT molecular complexity index is 1050. The number of halogens is 2. The minimum Gasteiger partial charge on any atom is -0.349 e. The summed E-state index contributed by atoms with van der Waals surface area (Å²) in [6.07, 6.45) is 0. The number of hydrogen-bond acceptors (Lipinski definition) is 5. The zero-order valence-electron chi connectivity index (χ0n) is 16.6. The van der Waals surface area contributed by atoms with Crippen LogP contribution < -0.4 is 10.2 Å². The molecule has 0 fully saturated rings. The summed E-state index contributed by atoms with van der Waals surface area (Å²) in [5.74, 6) is -1.79. The second kappa shape index (κ2) is 8.89. The second-order valence-electron chi connectivity index (χ2n) is 7.58. The van der Waals surface area contributed by atoms with E-state index < -0.39 is 29.2 Å². The lowest BCUT2D eigenvalue weighted by Crippen LogP contribution is -2.50. The average molecular weight is 447 g/mol. The van der Waals surface area contributed by atoms with E-state index >= 15 is 0 Å². The van der Waals surface area contributed by atoms with E-state index in [1.54, 1.807) is 51.1 Å². The van der Waals surface area contributed by atoms with Crippen molar-refractivity contribution >= 4 is 40.6 Å². The topological polar surface area (TPSA) is 75.2 Å². The Labute approximate surface area is 182 Å². The Morgan fingerprint density at radius 3 is 2.40 bits per heavy atom. The molecule has 0 spiro atoms. The van der Waals surface area contributed by atoms with Crippen molar-refractivity contribution in [2.45, 2.75) is 32.4 Å². The van der Waals surface area contributed by atoms with Gasteiger partial charge < -0.3 is 5.32 Å². The maximum atomic E-state index is 14.8. The normalized spacial score (nSPS) is 12.3. The first kappa shape index (κ1) is 21.9. The summed E-state index contributed by atoms with van der Waals surface area (Å²) >= 11 is 7.38. The van der Waals surface area contributed by atoms with Gasteiger partial charge in [-0.3, -0.25) is 14.5 Å². The lowest BCUT2D eigenvalue weighted by molar-refractivity contribution is -0.124. The Kier molecular flexibility index (Phi) is 6.48. The van der Waals surface area contributed by atoms with Crippen molar-refractivity contribution in [3.8, 4) is 0 Å². The molecule has 2 amide bonds. The zero-order valence-corrected chi connectivity index (χ0v) is 18.2. The minimum absolute atomic E-state index is 0.0322. The van der Waals surface area contributed by atoms with E-state index in [2.05, 4.69) is 14.9 Å². The zero-order chi connectivity index (χ0) is 21.9. The molecule has 1 heterocycles. The van der Waals surface area contributed by atoms with Crippen LogP contribution >= 0.6 is 23.1 Å². The number of rotatable bonds is 5. The summed E-state index contributed by atoms with van der Waals surface area (Å²) in [7, 11) is 0. The monoisotopic (exact) mass is 446 g/mol. The van der Waals surface area contributed by atoms with Gasteiger partial charge in [-0.15, -0.1) is 5.10 Å². The molecule has 0 aliphatic rings. The molecule has 9 heteroatoms. The second-order valence-corrected chi connectivity index (χ2v) is 8.60. The third-order valence-corrected chi connectivity index (χ3v) is 4.94. The molecular formula is C21H20ClFN4O2S. The predicted molar refractivity (Wildman–Crippen MR) is 115 cm³/mol. The van der Waals surface area contributed by atoms with Crippen molar-refractivity contribution in [3.05, 3.63) is 76.0 Å². The van der Waals surface area contributed by atoms with Gasteiger partial charge in [0.1, 0.15) is 11.9 Å². The third-order valence-electron chi connectivity index (χ3n) is 4.11. The Hall–Kier alpha value is -2.84. The van der Waals surface area contributed by atoms with Crippen molar-refractivity contribution < 1.29 is 14.0 Å². The fourth-order valence-corrected chi connectivity index (χ4v) is 3.58. The molecular weight excluding hydrogens is 427 g/mol. The van der Waals surface area contributed by atoms with E-state index in [0.29, 0.717) is 0 Å². The summed E-state index contributed by atoms with van der Waals surface area (Å²) in [6, 6.07) is 11.1. The van der Waals surface area contributed by atoms with Gasteiger partial charge in [0.25, 0.3) is 5.91 Å². The first-order valence-electron chi connectivity index (χ1n) is 9.10. The highest BCUT2D eigenvalue weighted by molar-refractivity contribution is 7.03. The van der Waals surface area contributed by atoms with E-state index in [-0.39, 0.29) is 22.0 Å². The van der Waals surface area contributed by atoms with Crippen LogP contribution in [-0.4, -0.2) is 26.9 Å². The summed E-state index contributed by atoms with van der Waals surface area (Å²) in [6.45, 7) is 5.40. The number of carbonyl (C=O) groups is 2. The summed E-state index contributed by atoms with van der Waals surface area (Å²) in [5.41, 5.74) is -0.284. The maximum absolute atomic E-state index is 14.8. The largest absolute Gasteiger partial charge is 0.349 e. The van der Waals surface area contributed by atoms with Crippen molar-refractivity contribution in [3.63, 3.8) is 0 Å². The summed E-state index contributed by atoms with van der Waals surface area (Å²) in [5, 5.41) is 8.37. The minimum atomic E-state index is -1.32. The molecule has 3 aromatic rings. The van der Waals surface area contributed by atoms with E-state index in [9.17, 15) is 14.0 Å². The maximum Gasteiger partial charge on any atom is 0.280 e. The number of nitrogens with zero attached hydrogens (tertiary/aromatic N) is 3. The number of carbonyl (C=O) groups excluding carboxylic acids is 2. The van der Waals surface area contributed by atoms with Crippen molar-refractivity contribution in [2.75, 3.05) is 4.90 Å². The molecule has 0 saturated heterocycles. The van der Waals surface area contributed by atoms with Crippen LogP contribution in [-0.2, 0) is 4.79 Å². The van der Waals surface area contributed by atoms with E-state index in [1.807, 2.05) is 0 Å². The van der Waals surface area contributed by atoms with Crippen LogP contribution in [0.2, 0.25) is 5.02 Å². The Balaban J connectivity index is 2.23. The molecule has 30 heavy (non-hydrogen) atoms. The number of benzene rings is 2. The highest BCUT2D eigenvalue weighted by Crippen LogP contribution is 2.35. The van der Waals surface area contributed by atoms with Gasteiger partial charge in [-0.2, -0.15) is 0 Å². The van der Waals surface area contributed by atoms with Crippen LogP contribution in [0.15, 0.2) is 53.9 Å². The van der Waals surface area contributed by atoms with Gasteiger partial charge in [0.05, 0.1) is 10.7 Å². The van der Waals surface area contributed by atoms with Crippen LogP contribution in [0.1, 0.15) is 42.9 Å². The van der Waals surface area contributed by atoms with Gasteiger partial charge in [0, 0.05) is 16.5 Å². The van der Waals surface area contributed by atoms with E-state index in [4.69, 9.17) is 11.6 Å². The number of nitrogens with one attached hydrogen (secondary N) is 1. The number of aromatic nitrogens is 2. The molecule has 1 atom stereocenters. The average Bonchev–Trinajstić information content (AvgIpc) is 3.21. The van der Waals surface area contributed by atoms with Crippen molar-refractivity contribution in [1.29, 1.82) is 0 Å².